The molecule has 1 amide bonds. The Morgan fingerprint density at radius 3 is 2.38 bits per heavy atom. The van der Waals surface area contributed by atoms with Gasteiger partial charge in [0, 0.05) is 26.7 Å². The maximum Gasteiger partial charge on any atom is 0.416 e. The summed E-state index contributed by atoms with van der Waals surface area (Å²) in [7, 11) is 1.55. The van der Waals surface area contributed by atoms with E-state index in [1.54, 1.807) is 37.4 Å². The Morgan fingerprint density at radius 1 is 1.03 bits per heavy atom. The topological polar surface area (TPSA) is 65.5 Å². The highest BCUT2D eigenvalue weighted by Crippen LogP contribution is 2.29. The lowest BCUT2D eigenvalue weighted by Gasteiger charge is -2.13. The summed E-state index contributed by atoms with van der Waals surface area (Å²) in [5, 5.41) is 9.00. The van der Waals surface area contributed by atoms with Gasteiger partial charge < -0.3 is 16.0 Å². The third-order valence-electron chi connectivity index (χ3n) is 3.76. The number of halogens is 5. The van der Waals surface area contributed by atoms with Gasteiger partial charge in [-0.1, -0.05) is 35.9 Å². The minimum atomic E-state index is -4.38. The van der Waals surface area contributed by atoms with Gasteiger partial charge in [-0.2, -0.15) is 13.2 Å². The molecule has 0 saturated heterocycles. The first kappa shape index (κ1) is 25.0. The number of hydrogen-bond acceptors (Lipinski definition) is 2. The molecule has 10 heteroatoms. The lowest BCUT2D eigenvalue weighted by atomic mass is 10.1. The van der Waals surface area contributed by atoms with Crippen molar-refractivity contribution in [2.24, 2.45) is 4.99 Å². The second-order valence-corrected chi connectivity index (χ2v) is 6.19. The molecule has 0 aromatic heterocycles. The standard InChI is InChI=1S/C19H20ClF3N4O.HI/c1-24-18(27-12-13-5-4-6-14(11-13)19(21,22)23)26-10-9-25-17(28)15-7-2-3-8-16(15)20;/h2-8,11H,9-10,12H2,1H3,(H,25,28)(H2,24,26,27);1H. The van der Waals surface area contributed by atoms with E-state index in [0.717, 1.165) is 12.1 Å². The molecule has 29 heavy (non-hydrogen) atoms. The number of nitrogens with one attached hydrogen (secondary N) is 3. The van der Waals surface area contributed by atoms with Gasteiger partial charge in [0.05, 0.1) is 16.1 Å². The highest BCUT2D eigenvalue weighted by molar-refractivity contribution is 14.0. The number of carbonyl (C=O) groups excluding carboxylic acids is 1. The zero-order valence-electron chi connectivity index (χ0n) is 15.5. The van der Waals surface area contributed by atoms with Gasteiger partial charge in [-0.3, -0.25) is 9.79 Å². The van der Waals surface area contributed by atoms with E-state index in [1.807, 2.05) is 0 Å². The molecule has 5 nitrogen and oxygen atoms in total. The van der Waals surface area contributed by atoms with Gasteiger partial charge in [0.1, 0.15) is 0 Å². The predicted molar refractivity (Wildman–Crippen MR) is 119 cm³/mol. The van der Waals surface area contributed by atoms with Gasteiger partial charge in [-0.15, -0.1) is 24.0 Å². The number of nitrogens with zero attached hydrogens (tertiary/aromatic N) is 1. The summed E-state index contributed by atoms with van der Waals surface area (Å²) in [6.07, 6.45) is -4.38. The molecule has 3 N–H and O–H groups in total. The molecule has 0 saturated carbocycles. The maximum absolute atomic E-state index is 12.8. The minimum absolute atomic E-state index is 0. The zero-order valence-corrected chi connectivity index (χ0v) is 18.6. The van der Waals surface area contributed by atoms with Crippen LogP contribution >= 0.6 is 35.6 Å². The van der Waals surface area contributed by atoms with E-state index in [2.05, 4.69) is 20.9 Å². The number of carbonyl (C=O) groups is 1. The molecule has 2 rings (SSSR count). The van der Waals surface area contributed by atoms with E-state index in [1.165, 1.54) is 6.07 Å². The molecule has 0 aliphatic heterocycles. The van der Waals surface area contributed by atoms with Crippen molar-refractivity contribution in [3.05, 3.63) is 70.2 Å². The average Bonchev–Trinajstić information content (AvgIpc) is 2.67. The van der Waals surface area contributed by atoms with E-state index in [0.29, 0.717) is 35.2 Å². The number of hydrogen-bond donors (Lipinski definition) is 3. The third kappa shape index (κ3) is 8.09. The maximum atomic E-state index is 12.8. The van der Waals surface area contributed by atoms with Crippen LogP contribution in [0.3, 0.4) is 0 Å². The fourth-order valence-corrected chi connectivity index (χ4v) is 2.58. The van der Waals surface area contributed by atoms with Crippen LogP contribution in [0.2, 0.25) is 5.02 Å². The Bertz CT molecular complexity index is 846. The summed E-state index contributed by atoms with van der Waals surface area (Å²) in [5.74, 6) is 0.115. The van der Waals surface area contributed by atoms with Crippen LogP contribution in [0.15, 0.2) is 53.5 Å². The first-order valence-electron chi connectivity index (χ1n) is 8.44. The molecular weight excluding hydrogens is 520 g/mol. The van der Waals surface area contributed by atoms with Gasteiger partial charge >= 0.3 is 6.18 Å². The van der Waals surface area contributed by atoms with E-state index in [4.69, 9.17) is 11.6 Å². The fraction of sp³-hybridized carbons (Fsp3) is 0.263. The molecular formula is C19H21ClF3IN4O. The quantitative estimate of drug-likeness (QED) is 0.224. The van der Waals surface area contributed by atoms with Gasteiger partial charge in [-0.25, -0.2) is 0 Å². The Balaban J connectivity index is 0.00000420. The largest absolute Gasteiger partial charge is 0.416 e. The molecule has 2 aromatic rings. The molecule has 0 bridgehead atoms. The Kier molecular flexibility index (Phi) is 10.2. The monoisotopic (exact) mass is 540 g/mol. The summed E-state index contributed by atoms with van der Waals surface area (Å²) in [6, 6.07) is 11.8. The Morgan fingerprint density at radius 2 is 1.72 bits per heavy atom. The second-order valence-electron chi connectivity index (χ2n) is 5.79. The van der Waals surface area contributed by atoms with Crippen molar-refractivity contribution >= 4 is 47.4 Å². The van der Waals surface area contributed by atoms with Crippen LogP contribution in [-0.4, -0.2) is 32.0 Å². The summed E-state index contributed by atoms with van der Waals surface area (Å²) in [6.45, 7) is 0.863. The number of aliphatic imine (C=N–C) groups is 1. The van der Waals surface area contributed by atoms with E-state index in [-0.39, 0.29) is 36.4 Å². The summed E-state index contributed by atoms with van der Waals surface area (Å²) in [4.78, 5) is 16.0. The highest BCUT2D eigenvalue weighted by Gasteiger charge is 2.30. The number of guanidine groups is 1. The molecule has 0 aliphatic rings. The van der Waals surface area contributed by atoms with Crippen LogP contribution in [0.25, 0.3) is 0 Å². The zero-order chi connectivity index (χ0) is 20.6. The van der Waals surface area contributed by atoms with E-state index < -0.39 is 11.7 Å². The van der Waals surface area contributed by atoms with Crippen molar-refractivity contribution in [3.8, 4) is 0 Å². The van der Waals surface area contributed by atoms with Gasteiger partial charge in [0.2, 0.25) is 0 Å². The summed E-state index contributed by atoms with van der Waals surface area (Å²) in [5.41, 5.74) is 0.165. The molecule has 2 aromatic carbocycles. The lowest BCUT2D eigenvalue weighted by Crippen LogP contribution is -2.41. The minimum Gasteiger partial charge on any atom is -0.355 e. The predicted octanol–water partition coefficient (Wildman–Crippen LogP) is 4.07. The van der Waals surface area contributed by atoms with Crippen molar-refractivity contribution in [1.29, 1.82) is 0 Å². The molecule has 0 heterocycles. The smallest absolute Gasteiger partial charge is 0.355 e. The van der Waals surface area contributed by atoms with Crippen molar-refractivity contribution in [3.63, 3.8) is 0 Å². The summed E-state index contributed by atoms with van der Waals surface area (Å²) >= 11 is 5.97. The molecule has 0 aliphatic carbocycles. The molecule has 0 fully saturated rings. The average molecular weight is 541 g/mol. The highest BCUT2D eigenvalue weighted by atomic mass is 127. The van der Waals surface area contributed by atoms with Crippen LogP contribution in [0.1, 0.15) is 21.5 Å². The SMILES string of the molecule is CN=C(NCCNC(=O)c1ccccc1Cl)NCc1cccc(C(F)(F)F)c1.I. The number of amides is 1. The van der Waals surface area contributed by atoms with Crippen molar-refractivity contribution in [2.45, 2.75) is 12.7 Å². The van der Waals surface area contributed by atoms with Gasteiger partial charge in [-0.05, 0) is 29.8 Å². The first-order chi connectivity index (χ1) is 13.3. The molecule has 0 unspecified atom stereocenters. The van der Waals surface area contributed by atoms with Crippen LogP contribution in [0, 0.1) is 0 Å². The molecule has 0 radical (unpaired) electrons. The van der Waals surface area contributed by atoms with E-state index >= 15 is 0 Å². The number of rotatable bonds is 6. The summed E-state index contributed by atoms with van der Waals surface area (Å²) < 4.78 is 38.3. The van der Waals surface area contributed by atoms with Crippen LogP contribution in [0.5, 0.6) is 0 Å². The van der Waals surface area contributed by atoms with Crippen molar-refractivity contribution < 1.29 is 18.0 Å². The Hall–Kier alpha value is -2.01. The van der Waals surface area contributed by atoms with Crippen LogP contribution in [-0.2, 0) is 12.7 Å². The molecule has 158 valence electrons. The third-order valence-corrected chi connectivity index (χ3v) is 4.09. The molecule has 0 spiro atoms. The number of benzene rings is 2. The van der Waals surface area contributed by atoms with E-state index in [9.17, 15) is 18.0 Å². The van der Waals surface area contributed by atoms with Gasteiger partial charge in [0.25, 0.3) is 5.91 Å². The second kappa shape index (κ2) is 11.9. The Labute approximate surface area is 189 Å². The normalized spacial score (nSPS) is 11.4. The van der Waals surface area contributed by atoms with Crippen LogP contribution < -0.4 is 16.0 Å². The molecule has 0 atom stereocenters. The first-order valence-corrected chi connectivity index (χ1v) is 8.82. The van der Waals surface area contributed by atoms with Crippen LogP contribution in [0.4, 0.5) is 13.2 Å². The lowest BCUT2D eigenvalue weighted by molar-refractivity contribution is -0.137. The van der Waals surface area contributed by atoms with Crippen molar-refractivity contribution in [2.75, 3.05) is 20.1 Å². The fourth-order valence-electron chi connectivity index (χ4n) is 2.36. The van der Waals surface area contributed by atoms with Crippen molar-refractivity contribution in [1.82, 2.24) is 16.0 Å². The van der Waals surface area contributed by atoms with Gasteiger partial charge in [0.15, 0.2) is 5.96 Å². The number of alkyl halides is 3.